The molecule has 1 amide bonds. The number of hydrogen-bond donors (Lipinski definition) is 4. The maximum atomic E-state index is 12.7. The molecule has 0 unspecified atom stereocenters. The smallest absolute Gasteiger partial charge is 0.293 e. The number of carbonyl (C=O) groups is 1. The Bertz CT molecular complexity index is 1290. The molecule has 0 atom stereocenters. The number of aromatic nitrogens is 8. The first-order valence-corrected chi connectivity index (χ1v) is 9.77. The molecule has 0 bridgehead atoms. The molecule has 3 heterocycles. The van der Waals surface area contributed by atoms with Crippen LogP contribution in [0.3, 0.4) is 0 Å². The number of hydrogen-bond acceptors (Lipinski definition) is 13. The first-order valence-electron chi connectivity index (χ1n) is 8.79. The highest BCUT2D eigenvalue weighted by Crippen LogP contribution is 2.24. The SMILES string of the molecule is Cn1cnnc1SCc1c(C(=O)N/N=C\c2ccc(O)cc2O)nnn1-c1nonc1N. The maximum Gasteiger partial charge on any atom is 0.293 e. The van der Waals surface area contributed by atoms with Gasteiger partial charge in [-0.1, -0.05) is 17.0 Å². The fourth-order valence-electron chi connectivity index (χ4n) is 2.51. The topological polar surface area (TPSA) is 208 Å². The van der Waals surface area contributed by atoms with Gasteiger partial charge in [-0.3, -0.25) is 4.79 Å². The van der Waals surface area contributed by atoms with Crippen LogP contribution in [-0.2, 0) is 12.8 Å². The number of aryl methyl sites for hydroxylation is 1. The fraction of sp³-hybridized carbons (Fsp3) is 0.125. The maximum absolute atomic E-state index is 12.7. The summed E-state index contributed by atoms with van der Waals surface area (Å²) in [6.07, 6.45) is 2.75. The molecule has 16 heteroatoms. The van der Waals surface area contributed by atoms with Crippen LogP contribution in [0.2, 0.25) is 0 Å². The number of benzene rings is 1. The summed E-state index contributed by atoms with van der Waals surface area (Å²) in [5, 5.41) is 46.4. The summed E-state index contributed by atoms with van der Waals surface area (Å²) >= 11 is 1.28. The molecule has 32 heavy (non-hydrogen) atoms. The van der Waals surface area contributed by atoms with Crippen LogP contribution in [0.25, 0.3) is 5.82 Å². The lowest BCUT2D eigenvalue weighted by molar-refractivity contribution is 0.0949. The van der Waals surface area contributed by atoms with Crippen molar-refractivity contribution in [3.05, 3.63) is 41.5 Å². The highest BCUT2D eigenvalue weighted by Gasteiger charge is 2.24. The first-order chi connectivity index (χ1) is 15.4. The third-order valence-electron chi connectivity index (χ3n) is 4.07. The van der Waals surface area contributed by atoms with E-state index in [-0.39, 0.29) is 40.1 Å². The Balaban J connectivity index is 1.58. The number of aromatic hydroxyl groups is 2. The lowest BCUT2D eigenvalue weighted by atomic mass is 10.2. The van der Waals surface area contributed by atoms with Crippen molar-refractivity contribution in [2.75, 3.05) is 5.73 Å². The Hall–Kier alpha value is -4.47. The number of nitrogen functional groups attached to an aromatic ring is 1. The summed E-state index contributed by atoms with van der Waals surface area (Å²) in [5.74, 6) is -0.739. The van der Waals surface area contributed by atoms with Crippen molar-refractivity contribution in [3.63, 3.8) is 0 Å². The van der Waals surface area contributed by atoms with E-state index < -0.39 is 5.91 Å². The van der Waals surface area contributed by atoms with E-state index in [4.69, 9.17) is 5.73 Å². The van der Waals surface area contributed by atoms with Gasteiger partial charge in [0.15, 0.2) is 10.9 Å². The number of nitrogens with one attached hydrogen (secondary N) is 1. The summed E-state index contributed by atoms with van der Waals surface area (Å²) in [6, 6.07) is 3.94. The van der Waals surface area contributed by atoms with Crippen molar-refractivity contribution in [2.24, 2.45) is 12.1 Å². The van der Waals surface area contributed by atoms with Gasteiger partial charge in [0.05, 0.1) is 11.9 Å². The van der Waals surface area contributed by atoms with Crippen LogP contribution in [-0.4, -0.2) is 62.4 Å². The van der Waals surface area contributed by atoms with E-state index in [9.17, 15) is 15.0 Å². The minimum atomic E-state index is -0.672. The highest BCUT2D eigenvalue weighted by atomic mass is 32.2. The van der Waals surface area contributed by atoms with Gasteiger partial charge in [-0.15, -0.1) is 15.3 Å². The van der Waals surface area contributed by atoms with Gasteiger partial charge in [0.1, 0.15) is 17.8 Å². The number of phenolic OH excluding ortho intramolecular Hbond substituents is 2. The number of carbonyl (C=O) groups excluding carboxylic acids is 1. The molecule has 0 saturated heterocycles. The summed E-state index contributed by atoms with van der Waals surface area (Å²) in [5.41, 5.74) is 8.64. The average molecular weight is 457 g/mol. The van der Waals surface area contributed by atoms with Crippen LogP contribution in [0.4, 0.5) is 5.82 Å². The van der Waals surface area contributed by atoms with Gasteiger partial charge in [-0.2, -0.15) is 9.78 Å². The predicted octanol–water partition coefficient (Wildman–Crippen LogP) is -0.172. The van der Waals surface area contributed by atoms with Crippen molar-refractivity contribution in [3.8, 4) is 17.3 Å². The van der Waals surface area contributed by atoms with Crippen LogP contribution >= 0.6 is 11.8 Å². The molecule has 0 radical (unpaired) electrons. The van der Waals surface area contributed by atoms with Crippen LogP contribution in [0.15, 0.2) is 39.4 Å². The zero-order valence-electron chi connectivity index (χ0n) is 16.3. The van der Waals surface area contributed by atoms with Crippen LogP contribution < -0.4 is 11.2 Å². The zero-order valence-corrected chi connectivity index (χ0v) is 17.1. The third kappa shape index (κ3) is 4.19. The number of hydrazone groups is 1. The molecule has 0 aliphatic rings. The average Bonchev–Trinajstić information content (AvgIpc) is 3.47. The lowest BCUT2D eigenvalue weighted by Crippen LogP contribution is -2.20. The number of rotatable bonds is 7. The number of phenols is 2. The van der Waals surface area contributed by atoms with Crippen molar-refractivity contribution in [2.45, 2.75) is 10.9 Å². The Labute approximate surface area is 182 Å². The van der Waals surface area contributed by atoms with Crippen molar-refractivity contribution in [1.82, 2.24) is 45.5 Å². The quantitative estimate of drug-likeness (QED) is 0.162. The molecule has 0 spiro atoms. The van der Waals surface area contributed by atoms with E-state index in [0.717, 1.165) is 6.07 Å². The molecular weight excluding hydrogens is 442 g/mol. The number of anilines is 1. The fourth-order valence-corrected chi connectivity index (χ4v) is 3.39. The molecule has 164 valence electrons. The van der Waals surface area contributed by atoms with E-state index in [1.165, 1.54) is 34.8 Å². The number of nitrogens with two attached hydrogens (primary N) is 1. The normalized spacial score (nSPS) is 11.3. The zero-order chi connectivity index (χ0) is 22.7. The molecule has 0 aliphatic heterocycles. The summed E-state index contributed by atoms with van der Waals surface area (Å²) < 4.78 is 7.56. The van der Waals surface area contributed by atoms with Gasteiger partial charge in [0.25, 0.3) is 5.91 Å². The minimum absolute atomic E-state index is 0.0346. The van der Waals surface area contributed by atoms with Crippen LogP contribution in [0, 0.1) is 0 Å². The van der Waals surface area contributed by atoms with Gasteiger partial charge in [0, 0.05) is 24.4 Å². The predicted molar refractivity (Wildman–Crippen MR) is 109 cm³/mol. The summed E-state index contributed by atoms with van der Waals surface area (Å²) in [4.78, 5) is 12.7. The molecule has 4 rings (SSSR count). The Morgan fingerprint density at radius 1 is 1.34 bits per heavy atom. The molecule has 1 aromatic carbocycles. The second kappa shape index (κ2) is 8.72. The van der Waals surface area contributed by atoms with Crippen molar-refractivity contribution in [1.29, 1.82) is 0 Å². The third-order valence-corrected chi connectivity index (χ3v) is 5.11. The standard InChI is InChI=1S/C16H15N11O4S/c1-26-7-19-22-16(26)32-6-10-12(20-25-27(10)14-13(17)23-31-24-14)15(30)21-18-5-8-2-3-9(28)4-11(8)29/h2-5,7,28-29H,6H2,1H3,(H2,17,23)(H,21,30)/b18-5-. The van der Waals surface area contributed by atoms with Gasteiger partial charge in [-0.05, 0) is 22.4 Å². The van der Waals surface area contributed by atoms with E-state index in [2.05, 4.69) is 46.0 Å². The van der Waals surface area contributed by atoms with E-state index in [1.807, 2.05) is 0 Å². The van der Waals surface area contributed by atoms with E-state index in [0.29, 0.717) is 10.9 Å². The van der Waals surface area contributed by atoms with Crippen LogP contribution in [0.5, 0.6) is 11.5 Å². The molecule has 0 saturated carbocycles. The Kier molecular flexibility index (Phi) is 5.67. The molecule has 4 aromatic rings. The second-order valence-corrected chi connectivity index (χ2v) is 7.17. The monoisotopic (exact) mass is 457 g/mol. The van der Waals surface area contributed by atoms with Crippen molar-refractivity contribution < 1.29 is 19.6 Å². The molecular formula is C16H15N11O4S. The van der Waals surface area contributed by atoms with Gasteiger partial charge in [-0.25, -0.2) is 10.1 Å². The van der Waals surface area contributed by atoms with Gasteiger partial charge in [0.2, 0.25) is 11.6 Å². The molecule has 3 aromatic heterocycles. The minimum Gasteiger partial charge on any atom is -0.508 e. The molecule has 5 N–H and O–H groups in total. The van der Waals surface area contributed by atoms with Gasteiger partial charge < -0.3 is 20.5 Å². The Morgan fingerprint density at radius 3 is 2.88 bits per heavy atom. The lowest BCUT2D eigenvalue weighted by Gasteiger charge is -2.05. The Morgan fingerprint density at radius 2 is 2.19 bits per heavy atom. The van der Waals surface area contributed by atoms with Gasteiger partial charge >= 0.3 is 0 Å². The second-order valence-electron chi connectivity index (χ2n) is 6.22. The molecule has 0 fully saturated rings. The number of amides is 1. The number of thioether (sulfide) groups is 1. The van der Waals surface area contributed by atoms with E-state index in [1.54, 1.807) is 17.9 Å². The number of nitrogens with zero attached hydrogens (tertiary/aromatic N) is 9. The largest absolute Gasteiger partial charge is 0.508 e. The summed E-state index contributed by atoms with van der Waals surface area (Å²) in [7, 11) is 1.78. The van der Waals surface area contributed by atoms with Crippen molar-refractivity contribution >= 4 is 29.7 Å². The summed E-state index contributed by atoms with van der Waals surface area (Å²) in [6.45, 7) is 0. The highest BCUT2D eigenvalue weighted by molar-refractivity contribution is 7.98. The molecule has 0 aliphatic carbocycles. The molecule has 15 nitrogen and oxygen atoms in total. The van der Waals surface area contributed by atoms with E-state index >= 15 is 0 Å². The first kappa shape index (κ1) is 20.8. The van der Waals surface area contributed by atoms with Crippen LogP contribution in [0.1, 0.15) is 21.7 Å².